The van der Waals surface area contributed by atoms with E-state index in [-0.39, 0.29) is 29.4 Å². The zero-order valence-electron chi connectivity index (χ0n) is 9.60. The largest absolute Gasteiger partial charge is 0.371 e. The first-order valence-electron chi connectivity index (χ1n) is 4.98. The molecule has 0 unspecified atom stereocenters. The summed E-state index contributed by atoms with van der Waals surface area (Å²) in [5.74, 6) is -1.04. The summed E-state index contributed by atoms with van der Waals surface area (Å²) in [7, 11) is 1.44. The molecule has 0 aromatic heterocycles. The lowest BCUT2D eigenvalue weighted by molar-refractivity contribution is -0.383. The van der Waals surface area contributed by atoms with Crippen molar-refractivity contribution in [3.8, 4) is 0 Å². The molecule has 2 amide bonds. The van der Waals surface area contributed by atoms with Crippen molar-refractivity contribution in [2.24, 2.45) is 5.73 Å². The molecule has 0 bridgehead atoms. The number of nitrogens with one attached hydrogen (secondary N) is 2. The molecule has 1 aromatic carbocycles. The van der Waals surface area contributed by atoms with Crippen LogP contribution in [0.2, 0.25) is 0 Å². The molecule has 0 aliphatic carbocycles. The van der Waals surface area contributed by atoms with Crippen LogP contribution in [0.3, 0.4) is 0 Å². The fourth-order valence-corrected chi connectivity index (χ4v) is 1.30. The van der Waals surface area contributed by atoms with Crippen LogP contribution in [0, 0.1) is 10.1 Å². The molecule has 18 heavy (non-hydrogen) atoms. The number of nitrogens with zero attached hydrogens (tertiary/aromatic N) is 1. The number of nitro benzene ring substituents is 1. The zero-order valence-corrected chi connectivity index (χ0v) is 9.60. The first-order chi connectivity index (χ1) is 8.45. The highest BCUT2D eigenvalue weighted by molar-refractivity contribution is 5.96. The highest BCUT2D eigenvalue weighted by Gasteiger charge is 2.16. The van der Waals surface area contributed by atoms with Crippen molar-refractivity contribution in [1.29, 1.82) is 0 Å². The minimum atomic E-state index is -0.658. The van der Waals surface area contributed by atoms with Crippen molar-refractivity contribution >= 4 is 23.2 Å². The van der Waals surface area contributed by atoms with E-state index in [0.717, 1.165) is 0 Å². The van der Waals surface area contributed by atoms with Gasteiger partial charge in [-0.15, -0.1) is 0 Å². The van der Waals surface area contributed by atoms with Gasteiger partial charge in [-0.1, -0.05) is 0 Å². The summed E-state index contributed by atoms with van der Waals surface area (Å²) in [5, 5.41) is 15.7. The summed E-state index contributed by atoms with van der Waals surface area (Å²) in [6, 6.07) is 3.81. The Kier molecular flexibility index (Phi) is 4.19. The van der Waals surface area contributed by atoms with Crippen molar-refractivity contribution in [2.45, 2.75) is 0 Å². The second kappa shape index (κ2) is 5.62. The van der Waals surface area contributed by atoms with E-state index in [1.165, 1.54) is 25.2 Å². The predicted octanol–water partition coefficient (Wildman–Crippen LogP) is -0.148. The van der Waals surface area contributed by atoms with Crippen molar-refractivity contribution in [2.75, 3.05) is 18.9 Å². The molecular formula is C10H12N4O4. The molecule has 4 N–H and O–H groups in total. The standard InChI is InChI=1S/C10H12N4O4/c1-12-10(16)6-2-3-8(14(17)18)7(4-6)13-5-9(11)15/h2-4,13H,5H2,1H3,(H2,11,15)(H,12,16). The molecule has 8 nitrogen and oxygen atoms in total. The second-order valence-electron chi connectivity index (χ2n) is 3.39. The second-order valence-corrected chi connectivity index (χ2v) is 3.39. The number of nitrogens with two attached hydrogens (primary N) is 1. The fourth-order valence-electron chi connectivity index (χ4n) is 1.30. The molecule has 0 radical (unpaired) electrons. The number of amides is 2. The number of carbonyl (C=O) groups excluding carboxylic acids is 2. The number of primary amides is 1. The van der Waals surface area contributed by atoms with Gasteiger partial charge in [0.05, 0.1) is 11.5 Å². The number of anilines is 1. The van der Waals surface area contributed by atoms with E-state index in [4.69, 9.17) is 5.73 Å². The van der Waals surface area contributed by atoms with Crippen LogP contribution in [0.1, 0.15) is 10.4 Å². The van der Waals surface area contributed by atoms with Crippen LogP contribution in [0.25, 0.3) is 0 Å². The molecule has 0 fully saturated rings. The molecule has 0 aliphatic heterocycles. The predicted molar refractivity (Wildman–Crippen MR) is 64.2 cm³/mol. The average molecular weight is 252 g/mol. The van der Waals surface area contributed by atoms with E-state index < -0.39 is 10.8 Å². The van der Waals surface area contributed by atoms with Crippen molar-refractivity contribution < 1.29 is 14.5 Å². The lowest BCUT2D eigenvalue weighted by Crippen LogP contribution is -2.23. The summed E-state index contributed by atoms with van der Waals surface area (Å²) in [4.78, 5) is 32.2. The van der Waals surface area contributed by atoms with Gasteiger partial charge in [0.1, 0.15) is 5.69 Å². The average Bonchev–Trinajstić information content (AvgIpc) is 2.34. The SMILES string of the molecule is CNC(=O)c1ccc([N+](=O)[O-])c(NCC(N)=O)c1. The van der Waals surface area contributed by atoms with Crippen molar-refractivity contribution in [3.05, 3.63) is 33.9 Å². The Morgan fingerprint density at radius 2 is 2.11 bits per heavy atom. The highest BCUT2D eigenvalue weighted by atomic mass is 16.6. The summed E-state index contributed by atoms with van der Waals surface area (Å²) in [5.41, 5.74) is 5.02. The van der Waals surface area contributed by atoms with E-state index in [1.54, 1.807) is 0 Å². The summed E-state index contributed by atoms with van der Waals surface area (Å²) < 4.78 is 0. The van der Waals surface area contributed by atoms with E-state index in [1.807, 2.05) is 0 Å². The van der Waals surface area contributed by atoms with E-state index in [0.29, 0.717) is 0 Å². The van der Waals surface area contributed by atoms with Gasteiger partial charge in [-0.3, -0.25) is 19.7 Å². The van der Waals surface area contributed by atoms with Crippen molar-refractivity contribution in [3.63, 3.8) is 0 Å². The van der Waals surface area contributed by atoms with E-state index >= 15 is 0 Å². The minimum Gasteiger partial charge on any atom is -0.371 e. The Morgan fingerprint density at radius 3 is 2.61 bits per heavy atom. The molecule has 0 atom stereocenters. The molecule has 0 saturated heterocycles. The third-order valence-corrected chi connectivity index (χ3v) is 2.14. The minimum absolute atomic E-state index is 0.0694. The summed E-state index contributed by atoms with van der Waals surface area (Å²) in [6.45, 7) is -0.252. The number of nitro groups is 1. The maximum Gasteiger partial charge on any atom is 0.292 e. The summed E-state index contributed by atoms with van der Waals surface area (Å²) in [6.07, 6.45) is 0. The van der Waals surface area contributed by atoms with Crippen molar-refractivity contribution in [1.82, 2.24) is 5.32 Å². The van der Waals surface area contributed by atoms with Gasteiger partial charge in [0.25, 0.3) is 11.6 Å². The van der Waals surface area contributed by atoms with Gasteiger partial charge in [-0.05, 0) is 12.1 Å². The van der Waals surface area contributed by atoms with Crippen LogP contribution in [-0.4, -0.2) is 30.3 Å². The Labute approximate surface area is 102 Å². The molecule has 1 aromatic rings. The number of hydrogen-bond acceptors (Lipinski definition) is 5. The Bertz CT molecular complexity index is 501. The molecule has 0 saturated carbocycles. The normalized spacial score (nSPS) is 9.61. The topological polar surface area (TPSA) is 127 Å². The fraction of sp³-hybridized carbons (Fsp3) is 0.200. The number of rotatable bonds is 5. The monoisotopic (exact) mass is 252 g/mol. The van der Waals surface area contributed by atoms with Gasteiger partial charge >= 0.3 is 0 Å². The van der Waals surface area contributed by atoms with E-state index in [2.05, 4.69) is 10.6 Å². The maximum absolute atomic E-state index is 11.4. The lowest BCUT2D eigenvalue weighted by atomic mass is 10.1. The van der Waals surface area contributed by atoms with Gasteiger partial charge in [-0.2, -0.15) is 0 Å². The Morgan fingerprint density at radius 1 is 1.44 bits per heavy atom. The van der Waals surface area contributed by atoms with Crippen LogP contribution in [-0.2, 0) is 4.79 Å². The highest BCUT2D eigenvalue weighted by Crippen LogP contribution is 2.25. The summed E-state index contributed by atoms with van der Waals surface area (Å²) >= 11 is 0. The van der Waals surface area contributed by atoms with Gasteiger partial charge in [0, 0.05) is 18.7 Å². The quantitative estimate of drug-likeness (QED) is 0.496. The first kappa shape index (κ1) is 13.4. The third kappa shape index (κ3) is 3.17. The Hall–Kier alpha value is -2.64. The van der Waals surface area contributed by atoms with Gasteiger partial charge in [0.2, 0.25) is 5.91 Å². The number of benzene rings is 1. The Balaban J connectivity index is 3.11. The molecule has 0 heterocycles. The van der Waals surface area contributed by atoms with Crippen LogP contribution < -0.4 is 16.4 Å². The van der Waals surface area contributed by atoms with Gasteiger partial charge in [0.15, 0.2) is 0 Å². The van der Waals surface area contributed by atoms with Crippen LogP contribution >= 0.6 is 0 Å². The van der Waals surface area contributed by atoms with Gasteiger partial charge in [-0.25, -0.2) is 0 Å². The maximum atomic E-state index is 11.4. The molecule has 1 rings (SSSR count). The number of hydrogen-bond donors (Lipinski definition) is 3. The number of carbonyl (C=O) groups is 2. The molecule has 96 valence electrons. The van der Waals surface area contributed by atoms with E-state index in [9.17, 15) is 19.7 Å². The molecule has 0 aliphatic rings. The first-order valence-corrected chi connectivity index (χ1v) is 4.98. The third-order valence-electron chi connectivity index (χ3n) is 2.14. The zero-order chi connectivity index (χ0) is 13.7. The molecular weight excluding hydrogens is 240 g/mol. The van der Waals surface area contributed by atoms with Crippen LogP contribution in [0.15, 0.2) is 18.2 Å². The molecule has 8 heteroatoms. The van der Waals surface area contributed by atoms with Crippen LogP contribution in [0.4, 0.5) is 11.4 Å². The molecule has 0 spiro atoms. The van der Waals surface area contributed by atoms with Crippen LogP contribution in [0.5, 0.6) is 0 Å². The lowest BCUT2D eigenvalue weighted by Gasteiger charge is -2.07. The smallest absolute Gasteiger partial charge is 0.292 e. The van der Waals surface area contributed by atoms with Gasteiger partial charge < -0.3 is 16.4 Å².